The Hall–Kier alpha value is -0.940. The average molecular weight is 226 g/mol. The molecule has 0 amide bonds. The first kappa shape index (κ1) is 10.6. The van der Waals surface area contributed by atoms with E-state index in [0.717, 1.165) is 30.7 Å². The molecule has 2 atom stereocenters. The van der Waals surface area contributed by atoms with Gasteiger partial charge in [-0.3, -0.25) is 4.79 Å². The van der Waals surface area contributed by atoms with E-state index in [1.54, 1.807) is 17.5 Å². The van der Waals surface area contributed by atoms with Crippen LogP contribution in [0.3, 0.4) is 0 Å². The van der Waals surface area contributed by atoms with Crippen LogP contribution in [0.4, 0.5) is 0 Å². The van der Waals surface area contributed by atoms with Crippen molar-refractivity contribution in [3.8, 4) is 0 Å². The second kappa shape index (κ2) is 4.72. The molecule has 2 N–H and O–H groups in total. The molecule has 0 aliphatic carbocycles. The Morgan fingerprint density at radius 2 is 2.53 bits per heavy atom. The molecule has 5 heteroatoms. The van der Waals surface area contributed by atoms with Gasteiger partial charge in [-0.1, -0.05) is 0 Å². The highest BCUT2D eigenvalue weighted by Crippen LogP contribution is 2.17. The molecule has 1 aliphatic heterocycles. The molecule has 0 radical (unpaired) electrons. The lowest BCUT2D eigenvalue weighted by molar-refractivity contribution is -0.140. The van der Waals surface area contributed by atoms with Crippen LogP contribution in [0.1, 0.15) is 24.3 Å². The van der Waals surface area contributed by atoms with Gasteiger partial charge in [-0.2, -0.15) is 0 Å². The minimum atomic E-state index is -0.737. The zero-order valence-corrected chi connectivity index (χ0v) is 9.17. The van der Waals surface area contributed by atoms with Crippen molar-refractivity contribution in [2.24, 2.45) is 0 Å². The van der Waals surface area contributed by atoms with Crippen LogP contribution in [0.2, 0.25) is 0 Å². The van der Waals surface area contributed by atoms with Crippen LogP contribution < -0.4 is 5.32 Å². The first-order valence-electron chi connectivity index (χ1n) is 5.13. The van der Waals surface area contributed by atoms with Crippen molar-refractivity contribution in [3.05, 3.63) is 16.6 Å². The zero-order chi connectivity index (χ0) is 10.7. The third kappa shape index (κ3) is 2.76. The molecule has 82 valence electrons. The van der Waals surface area contributed by atoms with E-state index in [4.69, 9.17) is 5.11 Å². The highest BCUT2D eigenvalue weighted by atomic mass is 32.1. The molecular formula is C10H14N2O2S. The van der Waals surface area contributed by atoms with Crippen LogP contribution in [0.15, 0.2) is 11.6 Å². The fraction of sp³-hybridized carbons (Fsp3) is 0.600. The molecule has 1 saturated heterocycles. The van der Waals surface area contributed by atoms with Crippen molar-refractivity contribution in [2.45, 2.75) is 37.8 Å². The molecule has 2 rings (SSSR count). The Balaban J connectivity index is 1.90. The fourth-order valence-electron chi connectivity index (χ4n) is 1.94. The summed E-state index contributed by atoms with van der Waals surface area (Å²) in [5.41, 5.74) is 0. The first-order valence-corrected chi connectivity index (χ1v) is 6.01. The van der Waals surface area contributed by atoms with Crippen molar-refractivity contribution in [1.82, 2.24) is 10.3 Å². The molecule has 0 saturated carbocycles. The number of carbonyl (C=O) groups is 1. The molecule has 1 aromatic rings. The highest BCUT2D eigenvalue weighted by molar-refractivity contribution is 7.09. The van der Waals surface area contributed by atoms with E-state index in [1.807, 2.05) is 5.38 Å². The molecule has 2 unspecified atom stereocenters. The van der Waals surface area contributed by atoms with Crippen LogP contribution in [-0.4, -0.2) is 28.1 Å². The van der Waals surface area contributed by atoms with Crippen LogP contribution in [0.25, 0.3) is 0 Å². The summed E-state index contributed by atoms with van der Waals surface area (Å²) in [6.45, 7) is 0. The predicted molar refractivity (Wildman–Crippen MR) is 58.0 cm³/mol. The average Bonchev–Trinajstić information content (AvgIpc) is 2.71. The van der Waals surface area contributed by atoms with E-state index < -0.39 is 5.97 Å². The van der Waals surface area contributed by atoms with Gasteiger partial charge in [0, 0.05) is 24.0 Å². The summed E-state index contributed by atoms with van der Waals surface area (Å²) in [6.07, 6.45) is 5.41. The van der Waals surface area contributed by atoms with E-state index in [2.05, 4.69) is 10.3 Å². The third-order valence-electron chi connectivity index (χ3n) is 2.68. The van der Waals surface area contributed by atoms with Gasteiger partial charge in [0.1, 0.15) is 6.04 Å². The Morgan fingerprint density at radius 3 is 3.20 bits per heavy atom. The van der Waals surface area contributed by atoms with Crippen LogP contribution >= 0.6 is 11.3 Å². The number of hydrogen-bond donors (Lipinski definition) is 2. The SMILES string of the molecule is O=C(O)C1CCCC(Cc2nccs2)N1. The molecule has 0 spiro atoms. The second-order valence-corrected chi connectivity index (χ2v) is 4.79. The number of aromatic nitrogens is 1. The molecule has 1 aliphatic rings. The Labute approximate surface area is 92.3 Å². The maximum absolute atomic E-state index is 10.8. The normalized spacial score (nSPS) is 26.4. The van der Waals surface area contributed by atoms with E-state index in [-0.39, 0.29) is 12.1 Å². The Morgan fingerprint density at radius 1 is 1.67 bits per heavy atom. The number of piperidine rings is 1. The quantitative estimate of drug-likeness (QED) is 0.815. The molecule has 1 fully saturated rings. The maximum Gasteiger partial charge on any atom is 0.320 e. The molecule has 2 heterocycles. The van der Waals surface area contributed by atoms with Gasteiger partial charge < -0.3 is 10.4 Å². The summed E-state index contributed by atoms with van der Waals surface area (Å²) in [4.78, 5) is 15.0. The van der Waals surface area contributed by atoms with Crippen LogP contribution in [-0.2, 0) is 11.2 Å². The summed E-state index contributed by atoms with van der Waals surface area (Å²) in [5.74, 6) is -0.737. The monoisotopic (exact) mass is 226 g/mol. The van der Waals surface area contributed by atoms with Gasteiger partial charge in [0.2, 0.25) is 0 Å². The Bertz CT molecular complexity index is 326. The number of aliphatic carboxylic acids is 1. The van der Waals surface area contributed by atoms with E-state index in [9.17, 15) is 4.79 Å². The maximum atomic E-state index is 10.8. The standard InChI is InChI=1S/C10H14N2O2S/c13-10(14)8-3-1-2-7(12-8)6-9-11-4-5-15-9/h4-5,7-8,12H,1-3,6H2,(H,13,14). The van der Waals surface area contributed by atoms with E-state index in [0.29, 0.717) is 0 Å². The van der Waals surface area contributed by atoms with E-state index in [1.165, 1.54) is 0 Å². The van der Waals surface area contributed by atoms with Gasteiger partial charge in [-0.05, 0) is 19.3 Å². The van der Waals surface area contributed by atoms with Gasteiger partial charge in [0.25, 0.3) is 0 Å². The van der Waals surface area contributed by atoms with Gasteiger partial charge in [-0.15, -0.1) is 11.3 Å². The summed E-state index contributed by atoms with van der Waals surface area (Å²) in [5, 5.41) is 15.1. The topological polar surface area (TPSA) is 62.2 Å². The number of carboxylic acid groups (broad SMARTS) is 1. The lowest BCUT2D eigenvalue weighted by Crippen LogP contribution is -2.47. The van der Waals surface area contributed by atoms with Crippen molar-refractivity contribution < 1.29 is 9.90 Å². The van der Waals surface area contributed by atoms with Crippen molar-refractivity contribution in [3.63, 3.8) is 0 Å². The lowest BCUT2D eigenvalue weighted by atomic mass is 9.97. The molecule has 0 aromatic carbocycles. The van der Waals surface area contributed by atoms with Gasteiger partial charge >= 0.3 is 5.97 Å². The van der Waals surface area contributed by atoms with Gasteiger partial charge in [0.05, 0.1) is 5.01 Å². The van der Waals surface area contributed by atoms with Gasteiger partial charge in [0.15, 0.2) is 0 Å². The minimum Gasteiger partial charge on any atom is -0.480 e. The number of nitrogens with zero attached hydrogens (tertiary/aromatic N) is 1. The first-order chi connectivity index (χ1) is 7.25. The number of nitrogens with one attached hydrogen (secondary N) is 1. The largest absolute Gasteiger partial charge is 0.480 e. The molecule has 0 bridgehead atoms. The van der Waals surface area contributed by atoms with Crippen LogP contribution in [0, 0.1) is 0 Å². The fourth-order valence-corrected chi connectivity index (χ4v) is 2.64. The van der Waals surface area contributed by atoms with Gasteiger partial charge in [-0.25, -0.2) is 4.98 Å². The van der Waals surface area contributed by atoms with Crippen molar-refractivity contribution >= 4 is 17.3 Å². The van der Waals surface area contributed by atoms with Crippen LogP contribution in [0.5, 0.6) is 0 Å². The summed E-state index contributed by atoms with van der Waals surface area (Å²) >= 11 is 1.63. The van der Waals surface area contributed by atoms with Crippen molar-refractivity contribution in [2.75, 3.05) is 0 Å². The third-order valence-corrected chi connectivity index (χ3v) is 3.49. The minimum absolute atomic E-state index is 0.269. The molecule has 4 nitrogen and oxygen atoms in total. The van der Waals surface area contributed by atoms with Crippen molar-refractivity contribution in [1.29, 1.82) is 0 Å². The predicted octanol–water partition coefficient (Wildman–Crippen LogP) is 1.28. The number of thiazole rings is 1. The summed E-state index contributed by atoms with van der Waals surface area (Å²) < 4.78 is 0. The smallest absolute Gasteiger partial charge is 0.320 e. The second-order valence-electron chi connectivity index (χ2n) is 3.82. The molecular weight excluding hydrogens is 212 g/mol. The molecule has 1 aromatic heterocycles. The highest BCUT2D eigenvalue weighted by Gasteiger charge is 2.26. The lowest BCUT2D eigenvalue weighted by Gasteiger charge is -2.27. The number of rotatable bonds is 3. The Kier molecular flexibility index (Phi) is 3.33. The molecule has 15 heavy (non-hydrogen) atoms. The summed E-state index contributed by atoms with van der Waals surface area (Å²) in [7, 11) is 0. The van der Waals surface area contributed by atoms with E-state index >= 15 is 0 Å². The number of carboxylic acids is 1. The number of hydrogen-bond acceptors (Lipinski definition) is 4. The zero-order valence-electron chi connectivity index (χ0n) is 8.35. The summed E-state index contributed by atoms with van der Waals surface area (Å²) in [6, 6.07) is -0.102.